The summed E-state index contributed by atoms with van der Waals surface area (Å²) in [6.07, 6.45) is 3.26. The average molecular weight is 258 g/mol. The maximum absolute atomic E-state index is 11.6. The molecule has 92 valence electrons. The van der Waals surface area contributed by atoms with E-state index < -0.39 is 0 Å². The van der Waals surface area contributed by atoms with Crippen LogP contribution in [0.2, 0.25) is 0 Å². The molecule has 0 aliphatic heterocycles. The van der Waals surface area contributed by atoms with Gasteiger partial charge in [-0.05, 0) is 46.2 Å². The topological polar surface area (TPSA) is 55.1 Å². The lowest BCUT2D eigenvalue weighted by Crippen LogP contribution is -2.19. The van der Waals surface area contributed by atoms with Gasteiger partial charge in [0.05, 0.1) is 0 Å². The van der Waals surface area contributed by atoms with Crippen LogP contribution in [0.3, 0.4) is 0 Å². The Bertz CT molecular complexity index is 547. The van der Waals surface area contributed by atoms with Crippen LogP contribution < -0.4 is 11.1 Å². The second-order valence-electron chi connectivity index (χ2n) is 3.85. The Labute approximate surface area is 110 Å². The molecule has 2 aromatic rings. The van der Waals surface area contributed by atoms with Crippen LogP contribution in [0.25, 0.3) is 6.08 Å². The number of hydrogen-bond donors (Lipinski definition) is 2. The molecule has 0 radical (unpaired) electrons. The third-order valence-corrected chi connectivity index (χ3v) is 3.12. The molecule has 0 atom stereocenters. The fourth-order valence-electron chi connectivity index (χ4n) is 1.48. The van der Waals surface area contributed by atoms with E-state index in [4.69, 9.17) is 5.73 Å². The SMILES string of the molecule is Nc1cccc(/C=C/C(=O)NCc2ccsc2)c1. The summed E-state index contributed by atoms with van der Waals surface area (Å²) in [5.74, 6) is -0.108. The number of nitrogen functional groups attached to an aromatic ring is 1. The van der Waals surface area contributed by atoms with Crippen LogP contribution >= 0.6 is 11.3 Å². The van der Waals surface area contributed by atoms with E-state index in [9.17, 15) is 4.79 Å². The normalized spacial score (nSPS) is 10.7. The molecular formula is C14H14N2OS. The van der Waals surface area contributed by atoms with Gasteiger partial charge in [-0.15, -0.1) is 0 Å². The minimum absolute atomic E-state index is 0.108. The van der Waals surface area contributed by atoms with Crippen molar-refractivity contribution in [2.24, 2.45) is 0 Å². The summed E-state index contributed by atoms with van der Waals surface area (Å²) in [4.78, 5) is 11.6. The van der Waals surface area contributed by atoms with E-state index in [1.165, 1.54) is 6.08 Å². The molecule has 0 saturated heterocycles. The number of carbonyl (C=O) groups is 1. The number of benzene rings is 1. The molecule has 1 aromatic carbocycles. The molecule has 1 aromatic heterocycles. The first kappa shape index (κ1) is 12.4. The van der Waals surface area contributed by atoms with Gasteiger partial charge in [-0.1, -0.05) is 12.1 Å². The lowest BCUT2D eigenvalue weighted by molar-refractivity contribution is -0.116. The second kappa shape index (κ2) is 6.02. The molecule has 4 heteroatoms. The minimum Gasteiger partial charge on any atom is -0.399 e. The highest BCUT2D eigenvalue weighted by molar-refractivity contribution is 7.07. The van der Waals surface area contributed by atoms with Gasteiger partial charge in [0, 0.05) is 18.3 Å². The Morgan fingerprint density at radius 2 is 2.28 bits per heavy atom. The first-order valence-electron chi connectivity index (χ1n) is 5.56. The van der Waals surface area contributed by atoms with E-state index in [1.807, 2.05) is 41.1 Å². The van der Waals surface area contributed by atoms with Crippen molar-refractivity contribution in [3.8, 4) is 0 Å². The molecule has 0 aliphatic rings. The Morgan fingerprint density at radius 3 is 3.00 bits per heavy atom. The van der Waals surface area contributed by atoms with Crippen molar-refractivity contribution in [3.05, 3.63) is 58.3 Å². The summed E-state index contributed by atoms with van der Waals surface area (Å²) in [5, 5.41) is 6.83. The minimum atomic E-state index is -0.108. The molecular weight excluding hydrogens is 244 g/mol. The van der Waals surface area contributed by atoms with E-state index >= 15 is 0 Å². The van der Waals surface area contributed by atoms with Gasteiger partial charge < -0.3 is 11.1 Å². The van der Waals surface area contributed by atoms with E-state index in [0.717, 1.165) is 11.1 Å². The van der Waals surface area contributed by atoms with Crippen LogP contribution in [-0.2, 0) is 11.3 Å². The van der Waals surface area contributed by atoms with E-state index in [1.54, 1.807) is 17.4 Å². The van der Waals surface area contributed by atoms with Crippen molar-refractivity contribution in [1.29, 1.82) is 0 Å². The monoisotopic (exact) mass is 258 g/mol. The van der Waals surface area contributed by atoms with Crippen molar-refractivity contribution in [3.63, 3.8) is 0 Å². The van der Waals surface area contributed by atoms with Crippen LogP contribution in [0, 0.1) is 0 Å². The number of nitrogens with one attached hydrogen (secondary N) is 1. The quantitative estimate of drug-likeness (QED) is 0.654. The molecule has 0 unspecified atom stereocenters. The highest BCUT2D eigenvalue weighted by atomic mass is 32.1. The smallest absolute Gasteiger partial charge is 0.244 e. The molecule has 3 nitrogen and oxygen atoms in total. The Balaban J connectivity index is 1.87. The van der Waals surface area contributed by atoms with Gasteiger partial charge >= 0.3 is 0 Å². The van der Waals surface area contributed by atoms with E-state index in [0.29, 0.717) is 12.2 Å². The third-order valence-electron chi connectivity index (χ3n) is 2.38. The zero-order valence-corrected chi connectivity index (χ0v) is 10.6. The summed E-state index contributed by atoms with van der Waals surface area (Å²) >= 11 is 1.62. The second-order valence-corrected chi connectivity index (χ2v) is 4.63. The van der Waals surface area contributed by atoms with Crippen LogP contribution in [0.5, 0.6) is 0 Å². The van der Waals surface area contributed by atoms with Crippen LogP contribution in [0.15, 0.2) is 47.2 Å². The van der Waals surface area contributed by atoms with Crippen molar-refractivity contribution in [2.45, 2.75) is 6.54 Å². The summed E-state index contributed by atoms with van der Waals surface area (Å²) in [5.41, 5.74) is 8.38. The highest BCUT2D eigenvalue weighted by Crippen LogP contribution is 2.08. The number of anilines is 1. The van der Waals surface area contributed by atoms with Crippen LogP contribution in [0.4, 0.5) is 5.69 Å². The maximum atomic E-state index is 11.6. The molecule has 0 spiro atoms. The summed E-state index contributed by atoms with van der Waals surface area (Å²) in [7, 11) is 0. The number of nitrogens with two attached hydrogens (primary N) is 1. The van der Waals surface area contributed by atoms with Gasteiger partial charge in [0.1, 0.15) is 0 Å². The third kappa shape index (κ3) is 3.75. The Morgan fingerprint density at radius 1 is 1.39 bits per heavy atom. The van der Waals surface area contributed by atoms with Gasteiger partial charge in [-0.3, -0.25) is 4.79 Å². The summed E-state index contributed by atoms with van der Waals surface area (Å²) < 4.78 is 0. The Kier molecular flexibility index (Phi) is 4.15. The lowest BCUT2D eigenvalue weighted by atomic mass is 10.2. The molecule has 0 bridgehead atoms. The van der Waals surface area contributed by atoms with Gasteiger partial charge in [0.2, 0.25) is 5.91 Å². The van der Waals surface area contributed by atoms with Crippen molar-refractivity contribution < 1.29 is 4.79 Å². The van der Waals surface area contributed by atoms with Gasteiger partial charge in [0.15, 0.2) is 0 Å². The molecule has 3 N–H and O–H groups in total. The molecule has 18 heavy (non-hydrogen) atoms. The number of rotatable bonds is 4. The fraction of sp³-hybridized carbons (Fsp3) is 0.0714. The number of hydrogen-bond acceptors (Lipinski definition) is 3. The molecule has 1 amide bonds. The zero-order valence-electron chi connectivity index (χ0n) is 9.80. The van der Waals surface area contributed by atoms with Gasteiger partial charge in [-0.2, -0.15) is 11.3 Å². The molecule has 0 saturated carbocycles. The highest BCUT2D eigenvalue weighted by Gasteiger charge is 1.97. The first-order chi connectivity index (χ1) is 8.74. The van der Waals surface area contributed by atoms with Gasteiger partial charge in [0.25, 0.3) is 0 Å². The average Bonchev–Trinajstić information content (AvgIpc) is 2.87. The summed E-state index contributed by atoms with van der Waals surface area (Å²) in [6, 6.07) is 9.39. The zero-order chi connectivity index (χ0) is 12.8. The van der Waals surface area contributed by atoms with E-state index in [-0.39, 0.29) is 5.91 Å². The first-order valence-corrected chi connectivity index (χ1v) is 6.51. The molecule has 0 aliphatic carbocycles. The van der Waals surface area contributed by atoms with Crippen molar-refractivity contribution in [2.75, 3.05) is 5.73 Å². The van der Waals surface area contributed by atoms with Gasteiger partial charge in [-0.25, -0.2) is 0 Å². The van der Waals surface area contributed by atoms with Crippen molar-refractivity contribution >= 4 is 29.0 Å². The number of thiophene rings is 1. The van der Waals surface area contributed by atoms with E-state index in [2.05, 4.69) is 5.32 Å². The number of amides is 1. The molecule has 0 fully saturated rings. The largest absolute Gasteiger partial charge is 0.399 e. The van der Waals surface area contributed by atoms with Crippen LogP contribution in [-0.4, -0.2) is 5.91 Å². The maximum Gasteiger partial charge on any atom is 0.244 e. The lowest BCUT2D eigenvalue weighted by Gasteiger charge is -1.99. The van der Waals surface area contributed by atoms with Crippen LogP contribution in [0.1, 0.15) is 11.1 Å². The predicted molar refractivity (Wildman–Crippen MR) is 76.1 cm³/mol. The molecule has 1 heterocycles. The fourth-order valence-corrected chi connectivity index (χ4v) is 2.14. The molecule has 2 rings (SSSR count). The number of carbonyl (C=O) groups excluding carboxylic acids is 1. The predicted octanol–water partition coefficient (Wildman–Crippen LogP) is 2.66. The Hall–Kier alpha value is -2.07. The standard InChI is InChI=1S/C14H14N2OS/c15-13-3-1-2-11(8-13)4-5-14(17)16-9-12-6-7-18-10-12/h1-8,10H,9,15H2,(H,16,17)/b5-4+. The van der Waals surface area contributed by atoms with Crippen molar-refractivity contribution in [1.82, 2.24) is 5.32 Å². The summed E-state index contributed by atoms with van der Waals surface area (Å²) in [6.45, 7) is 0.559.